The fourth-order valence-corrected chi connectivity index (χ4v) is 7.65. The molecule has 3 fully saturated rings. The van der Waals surface area contributed by atoms with Crippen LogP contribution >= 0.6 is 30.8 Å². The number of halogens is 2. The summed E-state index contributed by atoms with van der Waals surface area (Å²) in [7, 11) is -3.45. The number of hydrogen-bond acceptors (Lipinski definition) is 8. The molecule has 34 heavy (non-hydrogen) atoms. The zero-order chi connectivity index (χ0) is 24.6. The Morgan fingerprint density at radius 3 is 2.50 bits per heavy atom. The van der Waals surface area contributed by atoms with Crippen molar-refractivity contribution in [1.82, 2.24) is 19.5 Å². The van der Waals surface area contributed by atoms with E-state index in [0.29, 0.717) is 11.2 Å². The summed E-state index contributed by atoms with van der Waals surface area (Å²) in [6.45, 7) is 11.1. The van der Waals surface area contributed by atoms with Crippen LogP contribution in [0.5, 0.6) is 0 Å². The van der Waals surface area contributed by atoms with Gasteiger partial charge in [-0.3, -0.25) is 4.57 Å². The smallest absolute Gasteiger partial charge is 0.344 e. The molecule has 1 unspecified atom stereocenters. The Bertz CT molecular complexity index is 1190. The van der Waals surface area contributed by atoms with Crippen molar-refractivity contribution < 1.29 is 23.1 Å². The fourth-order valence-electron chi connectivity index (χ4n) is 5.40. The molecule has 186 valence electrons. The van der Waals surface area contributed by atoms with Crippen molar-refractivity contribution in [3.8, 4) is 0 Å². The maximum Gasteiger partial charge on any atom is 0.354 e. The number of imidazole rings is 1. The Labute approximate surface area is 208 Å². The number of hydrogen-bond donors (Lipinski definition) is 0. The molecule has 12 heteroatoms. The lowest BCUT2D eigenvalue weighted by Crippen LogP contribution is -2.31. The maximum absolute atomic E-state index is 13.5. The van der Waals surface area contributed by atoms with Crippen LogP contribution in [0.4, 0.5) is 0 Å². The van der Waals surface area contributed by atoms with E-state index < -0.39 is 13.4 Å². The molecule has 3 heterocycles. The Morgan fingerprint density at radius 2 is 1.85 bits per heavy atom. The highest BCUT2D eigenvalue weighted by molar-refractivity contribution is 7.57. The molecule has 0 radical (unpaired) electrons. The number of nitrogens with zero attached hydrogens (tertiary/aromatic N) is 4. The van der Waals surface area contributed by atoms with Crippen molar-refractivity contribution in [3.63, 3.8) is 0 Å². The molecule has 0 amide bonds. The summed E-state index contributed by atoms with van der Waals surface area (Å²) in [5.74, 6) is 0.976. The first kappa shape index (κ1) is 24.6. The lowest BCUT2D eigenvalue weighted by molar-refractivity contribution is -0.159. The summed E-state index contributed by atoms with van der Waals surface area (Å²) in [6, 6.07) is -0.125. The van der Waals surface area contributed by atoms with E-state index in [4.69, 9.17) is 41.7 Å². The van der Waals surface area contributed by atoms with E-state index >= 15 is 0 Å². The molecule has 0 N–H and O–H groups in total. The topological polar surface area (TPSA) is 97.6 Å². The molecular weight excluding hydrogens is 502 g/mol. The Balaban J connectivity index is 1.54. The van der Waals surface area contributed by atoms with E-state index in [9.17, 15) is 4.57 Å². The second-order valence-corrected chi connectivity index (χ2v) is 12.7. The quantitative estimate of drug-likeness (QED) is 0.252. The molecule has 1 saturated heterocycles. The van der Waals surface area contributed by atoms with Crippen molar-refractivity contribution in [2.75, 3.05) is 0 Å². The van der Waals surface area contributed by atoms with E-state index in [2.05, 4.69) is 15.0 Å². The molecular formula is C22H29Cl2N4O5P. The summed E-state index contributed by atoms with van der Waals surface area (Å²) in [5, 5.41) is 0.254. The van der Waals surface area contributed by atoms with Gasteiger partial charge in [0.2, 0.25) is 5.28 Å². The summed E-state index contributed by atoms with van der Waals surface area (Å²) >= 11 is 12.4. The van der Waals surface area contributed by atoms with E-state index in [1.54, 1.807) is 12.1 Å². The predicted octanol–water partition coefficient (Wildman–Crippen LogP) is 5.77. The van der Waals surface area contributed by atoms with Crippen molar-refractivity contribution >= 4 is 42.0 Å². The third-order valence-corrected chi connectivity index (χ3v) is 8.84. The SMILES string of the molecule is CC(C)OP(=O)(/C=C/C12C[C@@H]1[C@@H](n1cnc3c(Cl)nc(Cl)nc31)[C@@H]1OC(C)(C)O[C@@H]12)OC(C)C. The van der Waals surface area contributed by atoms with Crippen LogP contribution in [0.25, 0.3) is 11.2 Å². The average molecular weight is 531 g/mol. The Kier molecular flexibility index (Phi) is 5.96. The van der Waals surface area contributed by atoms with Gasteiger partial charge in [0.25, 0.3) is 0 Å². The van der Waals surface area contributed by atoms with Crippen molar-refractivity contribution in [2.24, 2.45) is 11.3 Å². The van der Waals surface area contributed by atoms with Gasteiger partial charge in [-0.25, -0.2) is 9.97 Å². The van der Waals surface area contributed by atoms with Crippen LogP contribution in [0.15, 0.2) is 18.2 Å². The van der Waals surface area contributed by atoms with E-state index in [1.807, 2.05) is 52.2 Å². The van der Waals surface area contributed by atoms with E-state index in [1.165, 1.54) is 0 Å². The van der Waals surface area contributed by atoms with Gasteiger partial charge in [-0.2, -0.15) is 4.98 Å². The first-order chi connectivity index (χ1) is 15.8. The summed E-state index contributed by atoms with van der Waals surface area (Å²) in [4.78, 5) is 12.8. The number of aromatic nitrogens is 4. The zero-order valence-electron chi connectivity index (χ0n) is 19.9. The van der Waals surface area contributed by atoms with Gasteiger partial charge in [0.15, 0.2) is 16.6 Å². The van der Waals surface area contributed by atoms with Gasteiger partial charge in [-0.1, -0.05) is 17.7 Å². The lowest BCUT2D eigenvalue weighted by Gasteiger charge is -2.24. The highest BCUT2D eigenvalue weighted by Gasteiger charge is 2.75. The Morgan fingerprint density at radius 1 is 1.18 bits per heavy atom. The third kappa shape index (κ3) is 4.13. The molecule has 0 spiro atoms. The van der Waals surface area contributed by atoms with Gasteiger partial charge in [0.05, 0.1) is 30.7 Å². The minimum absolute atomic E-state index is 0.0530. The molecule has 9 nitrogen and oxygen atoms in total. The average Bonchev–Trinajstić information content (AvgIpc) is 2.95. The zero-order valence-corrected chi connectivity index (χ0v) is 22.3. The van der Waals surface area contributed by atoms with E-state index in [-0.39, 0.29) is 52.2 Å². The van der Waals surface area contributed by atoms with Gasteiger partial charge in [0, 0.05) is 11.2 Å². The molecule has 2 aromatic rings. The summed E-state index contributed by atoms with van der Waals surface area (Å²) in [6.07, 6.45) is 3.48. The van der Waals surface area contributed by atoms with Crippen LogP contribution in [0.1, 0.15) is 54.0 Å². The van der Waals surface area contributed by atoms with Crippen LogP contribution in [0, 0.1) is 11.3 Å². The highest BCUT2D eigenvalue weighted by atomic mass is 35.5. The second-order valence-electron chi connectivity index (χ2n) is 10.2. The van der Waals surface area contributed by atoms with Crippen LogP contribution in [0.2, 0.25) is 10.4 Å². The highest BCUT2D eigenvalue weighted by Crippen LogP contribution is 2.73. The first-order valence-corrected chi connectivity index (χ1v) is 13.8. The van der Waals surface area contributed by atoms with Gasteiger partial charge < -0.3 is 23.1 Å². The van der Waals surface area contributed by atoms with Gasteiger partial charge >= 0.3 is 7.60 Å². The summed E-state index contributed by atoms with van der Waals surface area (Å²) < 4.78 is 39.6. The molecule has 5 rings (SSSR count). The number of fused-ring (bicyclic) bond motifs is 4. The van der Waals surface area contributed by atoms with Crippen LogP contribution < -0.4 is 0 Å². The standard InChI is InChI=1S/C22H29Cl2N4O5P/c1-11(2)32-34(29,33-12(3)4)8-7-22-9-13(22)15(16-17(22)31-21(5,6)30-16)28-10-25-14-18(23)26-20(24)27-19(14)28/h7-8,10-13,15-17H,9H2,1-6H3/b8-7+/t13-,15-,16+,17+,22?/m1/s1. The molecule has 5 atom stereocenters. The van der Waals surface area contributed by atoms with Gasteiger partial charge in [-0.05, 0) is 65.5 Å². The normalized spacial score (nSPS) is 32.3. The fraction of sp³-hybridized carbons (Fsp3) is 0.682. The van der Waals surface area contributed by atoms with Crippen LogP contribution in [-0.4, -0.2) is 49.7 Å². The third-order valence-electron chi connectivity index (χ3n) is 6.47. The van der Waals surface area contributed by atoms with Gasteiger partial charge in [0.1, 0.15) is 11.6 Å². The lowest BCUT2D eigenvalue weighted by atomic mass is 9.99. The van der Waals surface area contributed by atoms with Crippen molar-refractivity contribution in [3.05, 3.63) is 28.7 Å². The minimum atomic E-state index is -3.45. The predicted molar refractivity (Wildman–Crippen MR) is 128 cm³/mol. The largest absolute Gasteiger partial charge is 0.354 e. The van der Waals surface area contributed by atoms with Crippen molar-refractivity contribution in [1.29, 1.82) is 0 Å². The molecule has 0 aromatic carbocycles. The maximum atomic E-state index is 13.5. The van der Waals surface area contributed by atoms with Gasteiger partial charge in [-0.15, -0.1) is 0 Å². The number of rotatable bonds is 7. The monoisotopic (exact) mass is 530 g/mol. The molecule has 1 aliphatic heterocycles. The molecule has 3 aliphatic rings. The Hall–Kier alpha value is -1.06. The molecule has 0 bridgehead atoms. The van der Waals surface area contributed by atoms with Crippen LogP contribution in [0.3, 0.4) is 0 Å². The summed E-state index contributed by atoms with van der Waals surface area (Å²) in [5.41, 5.74) is 0.650. The first-order valence-electron chi connectivity index (χ1n) is 11.4. The molecule has 2 aliphatic carbocycles. The molecule has 2 aromatic heterocycles. The van der Waals surface area contributed by atoms with E-state index in [0.717, 1.165) is 6.42 Å². The van der Waals surface area contributed by atoms with Crippen molar-refractivity contribution in [2.45, 2.75) is 84.2 Å². The van der Waals surface area contributed by atoms with Crippen LogP contribution in [-0.2, 0) is 23.1 Å². The minimum Gasteiger partial charge on any atom is -0.344 e. The second kappa shape index (κ2) is 8.23. The number of ether oxygens (including phenoxy) is 2. The molecule has 2 saturated carbocycles.